The molecule has 12 heavy (non-hydrogen) atoms. The third-order valence-corrected chi connectivity index (χ3v) is 1.45. The average Bonchev–Trinajstić information content (AvgIpc) is 2.00. The Balaban J connectivity index is 3.68. The average molecular weight is 168 g/mol. The smallest absolute Gasteiger partial charge is 0.0213 e. The van der Waals surface area contributed by atoms with Crippen molar-refractivity contribution >= 4 is 0 Å². The molecule has 0 aromatic heterocycles. The van der Waals surface area contributed by atoms with Gasteiger partial charge < -0.3 is 5.43 Å². The van der Waals surface area contributed by atoms with E-state index in [1.165, 1.54) is 0 Å². The largest absolute Gasteiger partial charge is 0.324 e. The Morgan fingerprint density at radius 3 is 2.58 bits per heavy atom. The Hall–Kier alpha value is -0.760. The Bertz CT molecular complexity index is 141. The van der Waals surface area contributed by atoms with E-state index >= 15 is 0 Å². The van der Waals surface area contributed by atoms with E-state index in [-0.39, 0.29) is 0 Å². The second kappa shape index (κ2) is 6.92. The van der Waals surface area contributed by atoms with Crippen molar-refractivity contribution in [3.05, 3.63) is 24.9 Å². The zero-order valence-corrected chi connectivity index (χ0v) is 8.27. The lowest BCUT2D eigenvalue weighted by molar-refractivity contribution is 0.217. The van der Waals surface area contributed by atoms with E-state index in [1.807, 2.05) is 13.0 Å². The van der Waals surface area contributed by atoms with Gasteiger partial charge in [-0.15, -0.1) is 6.58 Å². The van der Waals surface area contributed by atoms with Crippen molar-refractivity contribution in [2.75, 3.05) is 13.1 Å². The molecule has 0 heterocycles. The normalized spacial score (nSPS) is 9.92. The minimum Gasteiger partial charge on any atom is -0.324 e. The molecule has 0 aliphatic carbocycles. The molecule has 0 saturated heterocycles. The molecule has 0 amide bonds. The van der Waals surface area contributed by atoms with Gasteiger partial charge in [0.15, 0.2) is 0 Å². The van der Waals surface area contributed by atoms with Crippen LogP contribution in [0, 0.1) is 0 Å². The van der Waals surface area contributed by atoms with Gasteiger partial charge in [0.25, 0.3) is 0 Å². The molecule has 0 aliphatic heterocycles. The summed E-state index contributed by atoms with van der Waals surface area (Å²) in [5.41, 5.74) is 4.20. The molecular formula is C10H20N2. The molecule has 0 rings (SSSR count). The predicted molar refractivity (Wildman–Crippen MR) is 54.6 cm³/mol. The second-order valence-corrected chi connectivity index (χ2v) is 2.96. The van der Waals surface area contributed by atoms with Crippen LogP contribution in [0.15, 0.2) is 24.9 Å². The molecule has 0 aromatic carbocycles. The monoisotopic (exact) mass is 168 g/mol. The van der Waals surface area contributed by atoms with E-state index in [2.05, 4.69) is 30.5 Å². The fourth-order valence-electron chi connectivity index (χ4n) is 1.01. The van der Waals surface area contributed by atoms with Crippen molar-refractivity contribution < 1.29 is 0 Å². The van der Waals surface area contributed by atoms with E-state index in [1.54, 1.807) is 0 Å². The topological polar surface area (TPSA) is 15.3 Å². The first-order valence-corrected chi connectivity index (χ1v) is 4.48. The van der Waals surface area contributed by atoms with Crippen LogP contribution < -0.4 is 5.43 Å². The van der Waals surface area contributed by atoms with Crippen LogP contribution in [0.3, 0.4) is 0 Å². The molecule has 0 unspecified atom stereocenters. The van der Waals surface area contributed by atoms with Crippen molar-refractivity contribution in [2.45, 2.75) is 26.7 Å². The van der Waals surface area contributed by atoms with E-state index in [4.69, 9.17) is 0 Å². The lowest BCUT2D eigenvalue weighted by Gasteiger charge is -2.22. The van der Waals surface area contributed by atoms with Crippen molar-refractivity contribution in [3.8, 4) is 0 Å². The Kier molecular flexibility index (Phi) is 6.48. The predicted octanol–water partition coefficient (Wildman–Crippen LogP) is 2.31. The van der Waals surface area contributed by atoms with Crippen LogP contribution in [0.2, 0.25) is 0 Å². The lowest BCUT2D eigenvalue weighted by atomic mass is 10.4. The summed E-state index contributed by atoms with van der Waals surface area (Å²) in [7, 11) is 0. The molecule has 0 bridgehead atoms. The summed E-state index contributed by atoms with van der Waals surface area (Å²) in [6.07, 6.45) is 4.10. The molecule has 0 radical (unpaired) electrons. The van der Waals surface area contributed by atoms with E-state index < -0.39 is 0 Å². The van der Waals surface area contributed by atoms with Gasteiger partial charge in [-0.1, -0.05) is 19.6 Å². The molecule has 0 aromatic rings. The Labute approximate surface area is 75.9 Å². The van der Waals surface area contributed by atoms with Crippen molar-refractivity contribution in [1.29, 1.82) is 0 Å². The molecule has 0 aliphatic rings. The van der Waals surface area contributed by atoms with Gasteiger partial charge >= 0.3 is 0 Å². The highest BCUT2D eigenvalue weighted by atomic mass is 15.5. The van der Waals surface area contributed by atoms with Gasteiger partial charge in [0.05, 0.1) is 0 Å². The van der Waals surface area contributed by atoms with Gasteiger partial charge in [-0.05, 0) is 19.8 Å². The van der Waals surface area contributed by atoms with Gasteiger partial charge in [-0.3, -0.25) is 0 Å². The standard InChI is InChI=1S/C10H20N2/c1-5-7-9-12(8-6-2)11-10(3)4/h5,11H,1,3,6-9H2,2,4H3. The van der Waals surface area contributed by atoms with Gasteiger partial charge in [0.2, 0.25) is 0 Å². The van der Waals surface area contributed by atoms with Crippen molar-refractivity contribution in [3.63, 3.8) is 0 Å². The van der Waals surface area contributed by atoms with Crippen molar-refractivity contribution in [2.24, 2.45) is 0 Å². The highest BCUT2D eigenvalue weighted by molar-refractivity contribution is 4.83. The minimum atomic E-state index is 0.993. The van der Waals surface area contributed by atoms with Gasteiger partial charge in [0.1, 0.15) is 0 Å². The summed E-state index contributed by atoms with van der Waals surface area (Å²) in [6, 6.07) is 0. The Morgan fingerprint density at radius 1 is 1.50 bits per heavy atom. The highest BCUT2D eigenvalue weighted by Gasteiger charge is 1.99. The first-order chi connectivity index (χ1) is 5.70. The molecule has 0 atom stereocenters. The molecule has 2 nitrogen and oxygen atoms in total. The fourth-order valence-corrected chi connectivity index (χ4v) is 1.01. The summed E-state index contributed by atoms with van der Waals surface area (Å²) in [4.78, 5) is 0. The number of hydrogen-bond donors (Lipinski definition) is 1. The number of nitrogens with zero attached hydrogens (tertiary/aromatic N) is 1. The third-order valence-electron chi connectivity index (χ3n) is 1.45. The van der Waals surface area contributed by atoms with Crippen molar-refractivity contribution in [1.82, 2.24) is 10.4 Å². The molecule has 70 valence electrons. The zero-order chi connectivity index (χ0) is 9.40. The molecule has 2 heteroatoms. The molecule has 0 saturated carbocycles. The van der Waals surface area contributed by atoms with Crippen LogP contribution in [0.1, 0.15) is 26.7 Å². The number of hydrogen-bond acceptors (Lipinski definition) is 2. The molecular weight excluding hydrogens is 148 g/mol. The SMILES string of the molecule is C=CCCN(CCC)NC(=C)C. The Morgan fingerprint density at radius 2 is 2.17 bits per heavy atom. The highest BCUT2D eigenvalue weighted by Crippen LogP contribution is 1.93. The van der Waals surface area contributed by atoms with Gasteiger partial charge in [-0.25, -0.2) is 5.01 Å². The van der Waals surface area contributed by atoms with Crippen LogP contribution in [0.4, 0.5) is 0 Å². The minimum absolute atomic E-state index is 0.993. The van der Waals surface area contributed by atoms with Crippen LogP contribution in [0.5, 0.6) is 0 Å². The van der Waals surface area contributed by atoms with Gasteiger partial charge in [0, 0.05) is 18.8 Å². The maximum atomic E-state index is 3.81. The summed E-state index contributed by atoms with van der Waals surface area (Å²) in [6.45, 7) is 13.7. The number of nitrogens with one attached hydrogen (secondary N) is 1. The van der Waals surface area contributed by atoms with Crippen LogP contribution in [0.25, 0.3) is 0 Å². The zero-order valence-electron chi connectivity index (χ0n) is 8.27. The van der Waals surface area contributed by atoms with Crippen LogP contribution >= 0.6 is 0 Å². The first kappa shape index (κ1) is 11.2. The summed E-state index contributed by atoms with van der Waals surface area (Å²) in [5, 5.41) is 2.17. The maximum absolute atomic E-state index is 3.81. The van der Waals surface area contributed by atoms with E-state index in [9.17, 15) is 0 Å². The number of hydrazine groups is 1. The molecule has 0 fully saturated rings. The summed E-state index contributed by atoms with van der Waals surface area (Å²) >= 11 is 0. The van der Waals surface area contributed by atoms with Gasteiger partial charge in [-0.2, -0.15) is 0 Å². The first-order valence-electron chi connectivity index (χ1n) is 4.48. The van der Waals surface area contributed by atoms with Crippen LogP contribution in [-0.4, -0.2) is 18.1 Å². The number of rotatable bonds is 7. The van der Waals surface area contributed by atoms with Crippen LogP contribution in [-0.2, 0) is 0 Å². The lowest BCUT2D eigenvalue weighted by Crippen LogP contribution is -2.37. The summed E-state index contributed by atoms with van der Waals surface area (Å²) < 4.78 is 0. The fraction of sp³-hybridized carbons (Fsp3) is 0.600. The van der Waals surface area contributed by atoms with E-state index in [0.29, 0.717) is 0 Å². The maximum Gasteiger partial charge on any atom is 0.0213 e. The quantitative estimate of drug-likeness (QED) is 0.463. The molecule has 1 N–H and O–H groups in total. The third kappa shape index (κ3) is 5.98. The number of allylic oxidation sites excluding steroid dienone is 1. The molecule has 0 spiro atoms. The summed E-state index contributed by atoms with van der Waals surface area (Å²) in [5.74, 6) is 0. The second-order valence-electron chi connectivity index (χ2n) is 2.96. The van der Waals surface area contributed by atoms with E-state index in [0.717, 1.165) is 31.6 Å².